The number of rotatable bonds is 7. The minimum absolute atomic E-state index is 0.0285. The van der Waals surface area contributed by atoms with Gasteiger partial charge in [0, 0.05) is 12.6 Å². The summed E-state index contributed by atoms with van der Waals surface area (Å²) >= 11 is 1.34. The van der Waals surface area contributed by atoms with Gasteiger partial charge in [-0.3, -0.25) is 14.2 Å². The van der Waals surface area contributed by atoms with E-state index in [-0.39, 0.29) is 23.3 Å². The summed E-state index contributed by atoms with van der Waals surface area (Å²) in [6, 6.07) is 7.55. The Morgan fingerprint density at radius 2 is 1.90 bits per heavy atom. The Bertz CT molecular complexity index is 1040. The van der Waals surface area contributed by atoms with E-state index in [9.17, 15) is 9.59 Å². The van der Waals surface area contributed by atoms with Crippen LogP contribution >= 0.6 is 11.8 Å². The zero-order chi connectivity index (χ0) is 21.6. The third-order valence-corrected chi connectivity index (χ3v) is 8.83. The van der Waals surface area contributed by atoms with Crippen molar-refractivity contribution >= 4 is 28.6 Å². The standard InChI is InChI=1S/C25H31N3O2S/c1-3-8-28-23(30)20-6-4-5-7-21(20)27-24(28)31-15-22(29)26-16(2)25-12-17-9-18(13-25)11-19(10-17)14-25/h3-7,16-19H,1,8-15H2,2H3,(H,26,29)/t16-,17?,18?,19?,25?/m1/s1. The van der Waals surface area contributed by atoms with Crippen molar-refractivity contribution in [3.8, 4) is 0 Å². The number of thioether (sulfide) groups is 1. The number of carbonyl (C=O) groups is 1. The predicted octanol–water partition coefficient (Wildman–Crippen LogP) is 4.40. The molecule has 4 aliphatic carbocycles. The van der Waals surface area contributed by atoms with Crippen molar-refractivity contribution < 1.29 is 4.79 Å². The maximum absolute atomic E-state index is 12.9. The Labute approximate surface area is 187 Å². The lowest BCUT2D eigenvalue weighted by Gasteiger charge is -2.59. The summed E-state index contributed by atoms with van der Waals surface area (Å²) in [6.07, 6.45) is 9.74. The summed E-state index contributed by atoms with van der Waals surface area (Å²) in [5.41, 5.74) is 0.870. The van der Waals surface area contributed by atoms with Crippen molar-refractivity contribution in [1.29, 1.82) is 0 Å². The van der Waals surface area contributed by atoms with E-state index >= 15 is 0 Å². The maximum Gasteiger partial charge on any atom is 0.262 e. The molecule has 1 aromatic carbocycles. The van der Waals surface area contributed by atoms with E-state index in [1.54, 1.807) is 16.7 Å². The summed E-state index contributed by atoms with van der Waals surface area (Å²) in [5.74, 6) is 2.90. The molecule has 0 unspecified atom stereocenters. The molecule has 4 fully saturated rings. The SMILES string of the molecule is C=CCn1c(SCC(=O)N[C@H](C)C23CC4CC(CC(C4)C2)C3)nc2ccccc2c1=O. The van der Waals surface area contributed by atoms with Crippen molar-refractivity contribution in [2.24, 2.45) is 23.2 Å². The van der Waals surface area contributed by atoms with Gasteiger partial charge in [-0.1, -0.05) is 30.0 Å². The molecule has 6 heteroatoms. The van der Waals surface area contributed by atoms with E-state index in [0.29, 0.717) is 28.0 Å². The van der Waals surface area contributed by atoms with Crippen molar-refractivity contribution in [3.63, 3.8) is 0 Å². The molecule has 5 nitrogen and oxygen atoms in total. The van der Waals surface area contributed by atoms with E-state index in [4.69, 9.17) is 0 Å². The quantitative estimate of drug-likeness (QED) is 0.396. The van der Waals surface area contributed by atoms with E-state index in [1.807, 2.05) is 18.2 Å². The first-order valence-corrected chi connectivity index (χ1v) is 12.5. The molecule has 4 saturated carbocycles. The zero-order valence-corrected chi connectivity index (χ0v) is 19.0. The Morgan fingerprint density at radius 1 is 1.26 bits per heavy atom. The van der Waals surface area contributed by atoms with Gasteiger partial charge in [0.25, 0.3) is 5.56 Å². The number of hydrogen-bond donors (Lipinski definition) is 1. The lowest BCUT2D eigenvalue weighted by Crippen LogP contribution is -2.56. The number of nitrogens with zero attached hydrogens (tertiary/aromatic N) is 2. The third kappa shape index (κ3) is 3.84. The third-order valence-electron chi connectivity index (χ3n) is 7.85. The second kappa shape index (κ2) is 8.12. The number of aromatic nitrogens is 2. The van der Waals surface area contributed by atoms with E-state index in [1.165, 1.54) is 50.3 Å². The smallest absolute Gasteiger partial charge is 0.262 e. The number of nitrogens with one attached hydrogen (secondary N) is 1. The average Bonchev–Trinajstić information content (AvgIpc) is 2.73. The molecule has 0 radical (unpaired) electrons. The fourth-order valence-corrected chi connectivity index (χ4v) is 7.64. The molecule has 0 spiro atoms. The molecule has 4 bridgehead atoms. The largest absolute Gasteiger partial charge is 0.352 e. The van der Waals surface area contributed by atoms with Crippen molar-refractivity contribution in [2.75, 3.05) is 5.75 Å². The Kier molecular flexibility index (Phi) is 5.45. The molecule has 1 aromatic heterocycles. The fraction of sp³-hybridized carbons (Fsp3) is 0.560. The summed E-state index contributed by atoms with van der Waals surface area (Å²) in [5, 5.41) is 4.48. The summed E-state index contributed by atoms with van der Waals surface area (Å²) in [4.78, 5) is 30.4. The summed E-state index contributed by atoms with van der Waals surface area (Å²) in [6.45, 7) is 6.35. The zero-order valence-electron chi connectivity index (χ0n) is 18.2. The van der Waals surface area contributed by atoms with Crippen LogP contribution in [0.1, 0.15) is 45.4 Å². The van der Waals surface area contributed by atoms with Gasteiger partial charge in [0.1, 0.15) is 0 Å². The normalized spacial score (nSPS) is 29.8. The van der Waals surface area contributed by atoms with Crippen molar-refractivity contribution in [1.82, 2.24) is 14.9 Å². The van der Waals surface area contributed by atoms with Gasteiger partial charge in [-0.15, -0.1) is 6.58 Å². The summed E-state index contributed by atoms with van der Waals surface area (Å²) < 4.78 is 1.61. The second-order valence-electron chi connectivity index (χ2n) is 9.97. The number of carbonyl (C=O) groups excluding carboxylic acids is 1. The highest BCUT2D eigenvalue weighted by Crippen LogP contribution is 2.61. The van der Waals surface area contributed by atoms with Crippen LogP contribution in [-0.4, -0.2) is 27.3 Å². The number of hydrogen-bond acceptors (Lipinski definition) is 4. The number of benzene rings is 1. The van der Waals surface area contributed by atoms with Crippen LogP contribution in [0.3, 0.4) is 0 Å². The first kappa shape index (κ1) is 20.8. The van der Waals surface area contributed by atoms with Gasteiger partial charge >= 0.3 is 0 Å². The average molecular weight is 438 g/mol. The molecule has 6 rings (SSSR count). The molecule has 31 heavy (non-hydrogen) atoms. The highest BCUT2D eigenvalue weighted by molar-refractivity contribution is 7.99. The Hall–Kier alpha value is -2.08. The molecule has 0 aliphatic heterocycles. The number of para-hydroxylation sites is 1. The van der Waals surface area contributed by atoms with Gasteiger partial charge in [-0.05, 0) is 80.8 Å². The van der Waals surface area contributed by atoms with Crippen LogP contribution in [0.4, 0.5) is 0 Å². The minimum Gasteiger partial charge on any atom is -0.352 e. The molecule has 2 aromatic rings. The van der Waals surface area contributed by atoms with Crippen LogP contribution in [0.5, 0.6) is 0 Å². The minimum atomic E-state index is -0.0876. The van der Waals surface area contributed by atoms with Crippen molar-refractivity contribution in [2.45, 2.75) is 63.2 Å². The Morgan fingerprint density at radius 3 is 2.55 bits per heavy atom. The van der Waals surface area contributed by atoms with Crippen LogP contribution in [-0.2, 0) is 11.3 Å². The van der Waals surface area contributed by atoms with Gasteiger partial charge in [0.2, 0.25) is 5.91 Å². The van der Waals surface area contributed by atoms with Crippen LogP contribution in [0.15, 0.2) is 46.9 Å². The molecule has 0 saturated heterocycles. The molecule has 4 aliphatic rings. The molecule has 1 heterocycles. The van der Waals surface area contributed by atoms with Gasteiger partial charge in [-0.25, -0.2) is 4.98 Å². The predicted molar refractivity (Wildman–Crippen MR) is 125 cm³/mol. The number of fused-ring (bicyclic) bond motifs is 1. The first-order valence-electron chi connectivity index (χ1n) is 11.5. The molecule has 1 N–H and O–H groups in total. The molecule has 1 atom stereocenters. The lowest BCUT2D eigenvalue weighted by molar-refractivity contribution is -0.123. The van der Waals surface area contributed by atoms with E-state index in [0.717, 1.165) is 17.8 Å². The molecule has 164 valence electrons. The van der Waals surface area contributed by atoms with E-state index < -0.39 is 0 Å². The maximum atomic E-state index is 12.9. The van der Waals surface area contributed by atoms with E-state index in [2.05, 4.69) is 23.8 Å². The second-order valence-corrected chi connectivity index (χ2v) is 10.9. The molecular formula is C25H31N3O2S. The highest BCUT2D eigenvalue weighted by Gasteiger charge is 2.53. The van der Waals surface area contributed by atoms with Crippen LogP contribution < -0.4 is 10.9 Å². The lowest BCUT2D eigenvalue weighted by atomic mass is 9.48. The van der Waals surface area contributed by atoms with Gasteiger partial charge in [-0.2, -0.15) is 0 Å². The van der Waals surface area contributed by atoms with Crippen LogP contribution in [0.25, 0.3) is 10.9 Å². The highest BCUT2D eigenvalue weighted by atomic mass is 32.2. The fourth-order valence-electron chi connectivity index (χ4n) is 6.82. The Balaban J connectivity index is 1.28. The van der Waals surface area contributed by atoms with Crippen LogP contribution in [0.2, 0.25) is 0 Å². The number of allylic oxidation sites excluding steroid dienone is 1. The summed E-state index contributed by atoms with van der Waals surface area (Å²) in [7, 11) is 0. The van der Waals surface area contributed by atoms with Gasteiger partial charge in [0.05, 0.1) is 16.7 Å². The van der Waals surface area contributed by atoms with Gasteiger partial charge in [0.15, 0.2) is 5.16 Å². The van der Waals surface area contributed by atoms with Gasteiger partial charge < -0.3 is 5.32 Å². The topological polar surface area (TPSA) is 64.0 Å². The van der Waals surface area contributed by atoms with Crippen molar-refractivity contribution in [3.05, 3.63) is 47.3 Å². The molecular weight excluding hydrogens is 406 g/mol. The first-order chi connectivity index (χ1) is 15.0. The van der Waals surface area contributed by atoms with Crippen LogP contribution in [0, 0.1) is 23.2 Å². The molecule has 1 amide bonds. The number of amides is 1. The monoisotopic (exact) mass is 437 g/mol.